The van der Waals surface area contributed by atoms with Gasteiger partial charge in [0.05, 0.1) is 6.04 Å². The van der Waals surface area contributed by atoms with Gasteiger partial charge in [-0.25, -0.2) is 0 Å². The Balaban J connectivity index is 2.32. The first-order chi connectivity index (χ1) is 7.52. The van der Waals surface area contributed by atoms with E-state index < -0.39 is 11.9 Å². The van der Waals surface area contributed by atoms with Gasteiger partial charge in [-0.1, -0.05) is 19.8 Å². The van der Waals surface area contributed by atoms with Crippen molar-refractivity contribution in [2.75, 3.05) is 0 Å². The number of rotatable bonds is 2. The minimum absolute atomic E-state index is 0.172. The van der Waals surface area contributed by atoms with Crippen molar-refractivity contribution in [3.05, 3.63) is 17.5 Å². The first kappa shape index (κ1) is 11.5. The molecular formula is C11H15F3N2. The van der Waals surface area contributed by atoms with Crippen LogP contribution in [0.25, 0.3) is 0 Å². The van der Waals surface area contributed by atoms with E-state index in [1.807, 2.05) is 6.92 Å². The molecule has 0 saturated heterocycles. The summed E-state index contributed by atoms with van der Waals surface area (Å²) in [7, 11) is 0. The van der Waals surface area contributed by atoms with Gasteiger partial charge in [0.15, 0.2) is 5.69 Å². The lowest BCUT2D eigenvalue weighted by atomic mass is 10.2. The van der Waals surface area contributed by atoms with Gasteiger partial charge in [-0.15, -0.1) is 0 Å². The highest BCUT2D eigenvalue weighted by Crippen LogP contribution is 2.34. The number of hydrogen-bond acceptors (Lipinski definition) is 1. The molecule has 0 N–H and O–H groups in total. The lowest BCUT2D eigenvalue weighted by Gasteiger charge is -2.13. The van der Waals surface area contributed by atoms with Gasteiger partial charge in [0.1, 0.15) is 0 Å². The Morgan fingerprint density at radius 1 is 1.38 bits per heavy atom. The van der Waals surface area contributed by atoms with Crippen LogP contribution >= 0.6 is 0 Å². The van der Waals surface area contributed by atoms with Crippen molar-refractivity contribution in [2.24, 2.45) is 0 Å². The molecular weight excluding hydrogens is 217 g/mol. The largest absolute Gasteiger partial charge is 0.435 e. The van der Waals surface area contributed by atoms with Crippen LogP contribution in [0.15, 0.2) is 6.07 Å². The third kappa shape index (κ3) is 2.08. The lowest BCUT2D eigenvalue weighted by Crippen LogP contribution is -2.12. The van der Waals surface area contributed by atoms with Gasteiger partial charge in [-0.05, 0) is 25.3 Å². The van der Waals surface area contributed by atoms with E-state index in [1.165, 1.54) is 6.07 Å². The second kappa shape index (κ2) is 4.11. The first-order valence-electron chi connectivity index (χ1n) is 5.68. The fraction of sp³-hybridized carbons (Fsp3) is 0.727. The number of halogens is 3. The molecule has 0 aliphatic heterocycles. The van der Waals surface area contributed by atoms with Gasteiger partial charge < -0.3 is 0 Å². The molecule has 0 atom stereocenters. The third-order valence-electron chi connectivity index (χ3n) is 3.14. The Morgan fingerprint density at radius 2 is 2.00 bits per heavy atom. The summed E-state index contributed by atoms with van der Waals surface area (Å²) in [6.45, 7) is 1.86. The molecule has 1 aromatic heterocycles. The molecule has 0 radical (unpaired) electrons. The van der Waals surface area contributed by atoms with Crippen molar-refractivity contribution in [3.8, 4) is 0 Å². The van der Waals surface area contributed by atoms with E-state index in [4.69, 9.17) is 0 Å². The maximum atomic E-state index is 12.5. The summed E-state index contributed by atoms with van der Waals surface area (Å²) in [6.07, 6.45) is 0.357. The number of aryl methyl sites for hydroxylation is 1. The average molecular weight is 232 g/mol. The molecule has 90 valence electrons. The van der Waals surface area contributed by atoms with Crippen molar-refractivity contribution >= 4 is 0 Å². The molecule has 0 spiro atoms. The summed E-state index contributed by atoms with van der Waals surface area (Å²) < 4.78 is 39.2. The van der Waals surface area contributed by atoms with Crippen molar-refractivity contribution < 1.29 is 13.2 Å². The topological polar surface area (TPSA) is 17.8 Å². The highest BCUT2D eigenvalue weighted by atomic mass is 19.4. The molecule has 0 aromatic carbocycles. The Labute approximate surface area is 92.4 Å². The summed E-state index contributed by atoms with van der Waals surface area (Å²) in [5, 5.41) is 3.73. The monoisotopic (exact) mass is 232 g/mol. The number of aromatic nitrogens is 2. The van der Waals surface area contributed by atoms with E-state index in [0.29, 0.717) is 12.1 Å². The predicted molar refractivity (Wildman–Crippen MR) is 54.1 cm³/mol. The fourth-order valence-corrected chi connectivity index (χ4v) is 2.30. The van der Waals surface area contributed by atoms with Crippen LogP contribution < -0.4 is 0 Å². The molecule has 1 aliphatic rings. The van der Waals surface area contributed by atoms with Gasteiger partial charge in [0.2, 0.25) is 0 Å². The molecule has 2 nitrogen and oxygen atoms in total. The fourth-order valence-electron chi connectivity index (χ4n) is 2.30. The summed E-state index contributed by atoms with van der Waals surface area (Å²) in [6, 6.07) is 1.35. The molecule has 0 unspecified atom stereocenters. The Morgan fingerprint density at radius 3 is 2.50 bits per heavy atom. The predicted octanol–water partition coefficient (Wildman–Crippen LogP) is 3.58. The summed E-state index contributed by atoms with van der Waals surface area (Å²) in [5.74, 6) is 0. The van der Waals surface area contributed by atoms with E-state index in [2.05, 4.69) is 5.10 Å². The van der Waals surface area contributed by atoms with Gasteiger partial charge in [0, 0.05) is 5.69 Å². The van der Waals surface area contributed by atoms with Gasteiger partial charge >= 0.3 is 6.18 Å². The smallest absolute Gasteiger partial charge is 0.266 e. The SMILES string of the molecule is CCc1cc(C(F)(F)F)nn1C1CCCC1. The average Bonchev–Trinajstić information content (AvgIpc) is 2.85. The first-order valence-corrected chi connectivity index (χ1v) is 5.68. The van der Waals surface area contributed by atoms with Crippen molar-refractivity contribution in [2.45, 2.75) is 51.2 Å². The van der Waals surface area contributed by atoms with Crippen LogP contribution in [0.4, 0.5) is 13.2 Å². The zero-order valence-corrected chi connectivity index (χ0v) is 9.22. The van der Waals surface area contributed by atoms with Crippen LogP contribution in [0, 0.1) is 0 Å². The standard InChI is InChI=1S/C11H15F3N2/c1-2-8-7-10(11(12,13)14)15-16(8)9-5-3-4-6-9/h7,9H,2-6H2,1H3. The van der Waals surface area contributed by atoms with Crippen LogP contribution in [0.2, 0.25) is 0 Å². The molecule has 1 fully saturated rings. The van der Waals surface area contributed by atoms with E-state index in [0.717, 1.165) is 25.7 Å². The lowest BCUT2D eigenvalue weighted by molar-refractivity contribution is -0.141. The van der Waals surface area contributed by atoms with Crippen molar-refractivity contribution in [1.29, 1.82) is 0 Å². The summed E-state index contributed by atoms with van der Waals surface area (Å²) >= 11 is 0. The quantitative estimate of drug-likeness (QED) is 0.762. The molecule has 1 heterocycles. The minimum Gasteiger partial charge on any atom is -0.266 e. The van der Waals surface area contributed by atoms with Crippen molar-refractivity contribution in [1.82, 2.24) is 9.78 Å². The van der Waals surface area contributed by atoms with Crippen LogP contribution in [0.3, 0.4) is 0 Å². The molecule has 5 heteroatoms. The molecule has 16 heavy (non-hydrogen) atoms. The maximum Gasteiger partial charge on any atom is 0.435 e. The minimum atomic E-state index is -4.33. The van der Waals surface area contributed by atoms with Crippen LogP contribution in [0.1, 0.15) is 50.0 Å². The van der Waals surface area contributed by atoms with Gasteiger partial charge in [-0.2, -0.15) is 18.3 Å². The van der Waals surface area contributed by atoms with Crippen LogP contribution in [0.5, 0.6) is 0 Å². The molecule has 1 saturated carbocycles. The molecule has 1 aliphatic carbocycles. The summed E-state index contributed by atoms with van der Waals surface area (Å²) in [4.78, 5) is 0. The zero-order valence-electron chi connectivity index (χ0n) is 9.22. The highest BCUT2D eigenvalue weighted by molar-refractivity contribution is 5.14. The second-order valence-electron chi connectivity index (χ2n) is 4.26. The number of nitrogens with zero attached hydrogens (tertiary/aromatic N) is 2. The van der Waals surface area contributed by atoms with E-state index >= 15 is 0 Å². The molecule has 0 amide bonds. The van der Waals surface area contributed by atoms with E-state index in [9.17, 15) is 13.2 Å². The zero-order chi connectivity index (χ0) is 11.8. The number of alkyl halides is 3. The Hall–Kier alpha value is -1.00. The highest BCUT2D eigenvalue weighted by Gasteiger charge is 2.35. The van der Waals surface area contributed by atoms with Crippen molar-refractivity contribution in [3.63, 3.8) is 0 Å². The molecule has 2 rings (SSSR count). The van der Waals surface area contributed by atoms with E-state index in [-0.39, 0.29) is 6.04 Å². The van der Waals surface area contributed by atoms with Crippen LogP contribution in [-0.2, 0) is 12.6 Å². The second-order valence-corrected chi connectivity index (χ2v) is 4.26. The number of hydrogen-bond donors (Lipinski definition) is 0. The molecule has 0 bridgehead atoms. The van der Waals surface area contributed by atoms with Crippen LogP contribution in [-0.4, -0.2) is 9.78 Å². The maximum absolute atomic E-state index is 12.5. The van der Waals surface area contributed by atoms with Gasteiger partial charge in [-0.3, -0.25) is 4.68 Å². The van der Waals surface area contributed by atoms with Gasteiger partial charge in [0.25, 0.3) is 0 Å². The Kier molecular flexibility index (Phi) is 2.95. The van der Waals surface area contributed by atoms with E-state index in [1.54, 1.807) is 4.68 Å². The Bertz CT molecular complexity index is 362. The summed E-state index contributed by atoms with van der Waals surface area (Å²) in [5.41, 5.74) is -0.0597. The third-order valence-corrected chi connectivity index (χ3v) is 3.14. The normalized spacial score (nSPS) is 18.2. The molecule has 1 aromatic rings.